The molecule has 4 rings (SSSR count). The van der Waals surface area contributed by atoms with Crippen LogP contribution in [0.5, 0.6) is 0 Å². The van der Waals surface area contributed by atoms with Crippen molar-refractivity contribution in [3.8, 4) is 0 Å². The van der Waals surface area contributed by atoms with Gasteiger partial charge in [0.25, 0.3) is 0 Å². The van der Waals surface area contributed by atoms with E-state index in [4.69, 9.17) is 19.5 Å². The predicted molar refractivity (Wildman–Crippen MR) is 256 cm³/mol. The van der Waals surface area contributed by atoms with Gasteiger partial charge in [0.05, 0.1) is 25.0 Å². The van der Waals surface area contributed by atoms with Crippen molar-refractivity contribution in [2.45, 2.75) is 136 Å². The zero-order valence-corrected chi connectivity index (χ0v) is 43.7. The fraction of sp³-hybridized carbons (Fsp3) is 0.651. The first-order valence-electron chi connectivity index (χ1n) is 23.1. The van der Waals surface area contributed by atoms with Crippen molar-refractivity contribution in [2.24, 2.45) is 16.2 Å². The number of aryl methyl sites for hydroxylation is 2. The van der Waals surface area contributed by atoms with Crippen molar-refractivity contribution in [3.05, 3.63) is 48.0 Å². The number of aromatic nitrogens is 4. The number of aliphatic carboxylic acids is 1. The van der Waals surface area contributed by atoms with Gasteiger partial charge in [0.1, 0.15) is 42.0 Å². The Bertz CT molecular complexity index is 2490. The highest BCUT2D eigenvalue weighted by Crippen LogP contribution is 2.61. The molecule has 0 radical (unpaired) electrons. The van der Waals surface area contributed by atoms with E-state index in [1.54, 1.807) is 13.8 Å². The first-order valence-corrected chi connectivity index (χ1v) is 27.6. The molecule has 0 aliphatic carbocycles. The van der Waals surface area contributed by atoms with Gasteiger partial charge < -0.3 is 56.0 Å². The molecule has 7 unspecified atom stereocenters. The maximum atomic E-state index is 13.0. The minimum atomic E-state index is -5.60. The SMILES string of the molecule is CC(C)(CCCCc1ccc(CCCCC(C)(C)C(=O)CCNC(=O)CCNC(=O)C(O)C(C)(C)COP(=O)(O)OP(=O)(O)OCC2OC(n3cnc4c(N)ncnc43)C(O)C2OP(=O)(O)O)cc1)C(=O)O. The quantitative estimate of drug-likeness (QED) is 0.0325. The first-order chi connectivity index (χ1) is 33.3. The number of nitrogen functional groups attached to an aromatic ring is 1. The molecule has 0 bridgehead atoms. The number of carboxylic acids is 1. The minimum absolute atomic E-state index is 0.0202. The van der Waals surface area contributed by atoms with Crippen molar-refractivity contribution >= 4 is 64.0 Å². The second-order valence-electron chi connectivity index (χ2n) is 19.5. The number of unbranched alkanes of at least 4 members (excludes halogenated alkanes) is 2. The molecule has 1 aromatic carbocycles. The van der Waals surface area contributed by atoms with Gasteiger partial charge in [0, 0.05) is 36.8 Å². The molecule has 1 aliphatic rings. The van der Waals surface area contributed by atoms with Crippen LogP contribution in [0, 0.1) is 16.2 Å². The minimum Gasteiger partial charge on any atom is -0.481 e. The number of nitrogens with one attached hydrogen (secondary N) is 2. The van der Waals surface area contributed by atoms with Crippen molar-refractivity contribution < 1.29 is 90.4 Å². The number of aliphatic hydroxyl groups is 2. The number of hydrogen-bond donors (Lipinski definition) is 10. The molecule has 2 aromatic heterocycles. The van der Waals surface area contributed by atoms with Crippen LogP contribution in [0.2, 0.25) is 0 Å². The Morgan fingerprint density at radius 3 is 1.97 bits per heavy atom. The van der Waals surface area contributed by atoms with E-state index in [2.05, 4.69) is 58.7 Å². The van der Waals surface area contributed by atoms with Crippen LogP contribution in [0.4, 0.5) is 5.82 Å². The van der Waals surface area contributed by atoms with E-state index in [0.717, 1.165) is 55.7 Å². The number of fused-ring (bicyclic) bond motifs is 1. The second kappa shape index (κ2) is 25.4. The first kappa shape index (κ1) is 60.5. The molecule has 29 heteroatoms. The normalized spacial score (nSPS) is 19.9. The molecule has 3 heterocycles. The van der Waals surface area contributed by atoms with E-state index in [0.29, 0.717) is 12.8 Å². The summed E-state index contributed by atoms with van der Waals surface area (Å²) in [5, 5.41) is 35.9. The molecule has 3 aromatic rings. The highest BCUT2D eigenvalue weighted by Gasteiger charge is 2.50. The van der Waals surface area contributed by atoms with Crippen LogP contribution in [0.25, 0.3) is 11.2 Å². The Balaban J connectivity index is 1.13. The van der Waals surface area contributed by atoms with E-state index < -0.39 is 101 Å². The highest BCUT2D eigenvalue weighted by atomic mass is 31.3. The molecule has 0 spiro atoms. The van der Waals surface area contributed by atoms with Crippen LogP contribution in [0.15, 0.2) is 36.9 Å². The number of carbonyl (C=O) groups excluding carboxylic acids is 3. The van der Waals surface area contributed by atoms with Crippen LogP contribution >= 0.6 is 23.5 Å². The maximum absolute atomic E-state index is 13.0. The van der Waals surface area contributed by atoms with Crippen molar-refractivity contribution in [1.29, 1.82) is 0 Å². The van der Waals surface area contributed by atoms with Crippen molar-refractivity contribution in [2.75, 3.05) is 32.0 Å². The maximum Gasteiger partial charge on any atom is 0.481 e. The van der Waals surface area contributed by atoms with Crippen molar-refractivity contribution in [1.82, 2.24) is 30.2 Å². The number of Topliss-reactive ketones (excluding diaryl/α,β-unsaturated/α-hetero) is 1. The van der Waals surface area contributed by atoms with Crippen LogP contribution in [0.3, 0.4) is 0 Å². The lowest BCUT2D eigenvalue weighted by atomic mass is 9.81. The topological polar surface area (TPSA) is 401 Å². The summed E-state index contributed by atoms with van der Waals surface area (Å²) in [4.78, 5) is 101. The van der Waals surface area contributed by atoms with Gasteiger partial charge in [0.15, 0.2) is 17.7 Å². The van der Waals surface area contributed by atoms with Gasteiger partial charge in [-0.05, 0) is 63.5 Å². The lowest BCUT2D eigenvalue weighted by Gasteiger charge is -2.30. The van der Waals surface area contributed by atoms with Gasteiger partial charge >= 0.3 is 29.4 Å². The van der Waals surface area contributed by atoms with Gasteiger partial charge in [0.2, 0.25) is 11.8 Å². The molecule has 1 fully saturated rings. The number of carboxylic acid groups (broad SMARTS) is 1. The number of phosphoric acid groups is 3. The largest absolute Gasteiger partial charge is 0.481 e. The zero-order valence-electron chi connectivity index (χ0n) is 41.0. The monoisotopic (exact) mass is 1080 g/mol. The van der Waals surface area contributed by atoms with E-state index in [1.165, 1.54) is 25.0 Å². The summed E-state index contributed by atoms with van der Waals surface area (Å²) in [5.41, 5.74) is 5.30. The number of amides is 2. The Labute approximate surface area is 416 Å². The van der Waals surface area contributed by atoms with Gasteiger partial charge in [-0.15, -0.1) is 0 Å². The zero-order chi connectivity index (χ0) is 53.9. The number of nitrogens with two attached hydrogens (primary N) is 1. The van der Waals surface area contributed by atoms with E-state index >= 15 is 0 Å². The Morgan fingerprint density at radius 1 is 0.819 bits per heavy atom. The standard InChI is InChI=1S/C43H68N7O19P3/c1-41(2,19-9-7-11-27-13-15-28(16-14-27)12-8-10-20-42(3,4)40(56)57)30(51)17-21-45-31(52)18-22-46-38(55)35(54)43(5,6)24-66-72(63,64)69-71(61,62)65-23-29-34(68-70(58,59)60)33(53)39(67-29)50-26-49-32-36(44)47-25-48-37(32)50/h13-16,25-26,29,33-35,39,53-54H,7-12,17-24H2,1-6H3,(H,45,52)(H,46,55)(H,56,57)(H,61,62)(H,63,64)(H2,44,47,48)(H2,58,59,60). The third-order valence-corrected chi connectivity index (χ3v) is 15.2. The molecule has 1 saturated heterocycles. The summed E-state index contributed by atoms with van der Waals surface area (Å²) >= 11 is 0. The Morgan fingerprint density at radius 2 is 1.39 bits per heavy atom. The molecule has 2 amide bonds. The molecule has 72 heavy (non-hydrogen) atoms. The lowest BCUT2D eigenvalue weighted by molar-refractivity contribution is -0.147. The average molecular weight is 1080 g/mol. The molecule has 11 N–H and O–H groups in total. The van der Waals surface area contributed by atoms with Crippen molar-refractivity contribution in [3.63, 3.8) is 0 Å². The molecule has 7 atom stereocenters. The fourth-order valence-corrected chi connectivity index (χ4v) is 10.3. The molecular weight excluding hydrogens is 1010 g/mol. The Hall–Kier alpha value is -4.10. The van der Waals surface area contributed by atoms with Crippen LogP contribution in [-0.4, -0.2) is 129 Å². The molecule has 26 nitrogen and oxygen atoms in total. The predicted octanol–water partition coefficient (Wildman–Crippen LogP) is 3.63. The molecule has 0 saturated carbocycles. The number of carbonyl (C=O) groups is 4. The molecule has 1 aliphatic heterocycles. The molecular formula is C43H68N7O19P3. The fourth-order valence-electron chi connectivity index (χ4n) is 7.50. The average Bonchev–Trinajstić information content (AvgIpc) is 3.85. The number of ether oxygens (including phenoxy) is 1. The smallest absolute Gasteiger partial charge is 0.481 e. The van der Waals surface area contributed by atoms with E-state index in [-0.39, 0.29) is 48.7 Å². The van der Waals surface area contributed by atoms with Gasteiger partial charge in [-0.25, -0.2) is 28.6 Å². The molecule has 404 valence electrons. The Kier molecular flexibility index (Phi) is 21.3. The number of hydrogen-bond acceptors (Lipinski definition) is 18. The van der Waals surface area contributed by atoms with Crippen LogP contribution < -0.4 is 16.4 Å². The number of anilines is 1. The third kappa shape index (κ3) is 18.4. The van der Waals surface area contributed by atoms with Gasteiger partial charge in [-0.1, -0.05) is 64.8 Å². The highest BCUT2D eigenvalue weighted by molar-refractivity contribution is 7.61. The van der Waals surface area contributed by atoms with Gasteiger partial charge in [-0.3, -0.25) is 37.3 Å². The van der Waals surface area contributed by atoms with Crippen LogP contribution in [-0.2, 0) is 68.3 Å². The number of nitrogens with zero attached hydrogens (tertiary/aromatic N) is 4. The lowest BCUT2D eigenvalue weighted by Crippen LogP contribution is -2.46. The van der Waals surface area contributed by atoms with E-state index in [9.17, 15) is 67.8 Å². The summed E-state index contributed by atoms with van der Waals surface area (Å²) in [7, 11) is -16.5. The summed E-state index contributed by atoms with van der Waals surface area (Å²) in [5.74, 6) is -2.33. The summed E-state index contributed by atoms with van der Waals surface area (Å²) in [6.07, 6.45) is -0.452. The van der Waals surface area contributed by atoms with Gasteiger partial charge in [-0.2, -0.15) is 4.31 Å². The number of imidazole rings is 1. The van der Waals surface area contributed by atoms with Crippen LogP contribution in [0.1, 0.15) is 110 Å². The van der Waals surface area contributed by atoms with E-state index in [1.807, 2.05) is 13.8 Å². The summed E-state index contributed by atoms with van der Waals surface area (Å²) < 4.78 is 62.6. The second-order valence-corrected chi connectivity index (χ2v) is 23.8. The number of rotatable bonds is 31. The number of aliphatic hydroxyl groups excluding tert-OH is 2. The summed E-state index contributed by atoms with van der Waals surface area (Å²) in [6, 6.07) is 8.41. The number of phosphoric ester groups is 3. The summed E-state index contributed by atoms with van der Waals surface area (Å²) in [6.45, 7) is 7.51. The number of ketones is 1. The third-order valence-electron chi connectivity index (χ3n) is 12.1. The number of benzene rings is 1.